The zero-order valence-electron chi connectivity index (χ0n) is 11.5. The van der Waals surface area contributed by atoms with Gasteiger partial charge in [0.05, 0.1) is 17.1 Å². The highest BCUT2D eigenvalue weighted by Gasteiger charge is 2.27. The van der Waals surface area contributed by atoms with E-state index in [1.54, 1.807) is 24.7 Å². The number of carbonyl (C=O) groups excluding carboxylic acids is 1. The van der Waals surface area contributed by atoms with Gasteiger partial charge in [0.1, 0.15) is 6.54 Å². The first-order valence-electron chi connectivity index (χ1n) is 6.31. The van der Waals surface area contributed by atoms with Gasteiger partial charge in [0.25, 0.3) is 0 Å². The number of rotatable bonds is 5. The summed E-state index contributed by atoms with van der Waals surface area (Å²) in [6.45, 7) is 3.29. The number of para-hydroxylation sites is 1. The first-order valence-corrected chi connectivity index (χ1v) is 6.31. The lowest BCUT2D eigenvalue weighted by molar-refractivity contribution is -0.146. The lowest BCUT2D eigenvalue weighted by Gasteiger charge is -2.19. The molecular weight excluding hydrogens is 258 g/mol. The molecule has 0 saturated carbocycles. The minimum Gasteiger partial charge on any atom is -0.481 e. The summed E-state index contributed by atoms with van der Waals surface area (Å²) in [7, 11) is 0. The SMILES string of the molecule is CC(C)(CNC(=O)Cn1ncc2ccccc21)C(=O)O. The highest BCUT2D eigenvalue weighted by molar-refractivity contribution is 5.82. The van der Waals surface area contributed by atoms with Crippen LogP contribution in [0, 0.1) is 5.41 Å². The van der Waals surface area contributed by atoms with Crippen LogP contribution in [-0.2, 0) is 16.1 Å². The van der Waals surface area contributed by atoms with Gasteiger partial charge < -0.3 is 10.4 Å². The van der Waals surface area contributed by atoms with Gasteiger partial charge >= 0.3 is 5.97 Å². The van der Waals surface area contributed by atoms with Gasteiger partial charge in [0, 0.05) is 11.9 Å². The predicted molar refractivity (Wildman–Crippen MR) is 74.2 cm³/mol. The second-order valence-corrected chi connectivity index (χ2v) is 5.33. The van der Waals surface area contributed by atoms with Gasteiger partial charge in [-0.1, -0.05) is 18.2 Å². The van der Waals surface area contributed by atoms with Crippen molar-refractivity contribution in [1.29, 1.82) is 0 Å². The quantitative estimate of drug-likeness (QED) is 0.860. The largest absolute Gasteiger partial charge is 0.481 e. The molecule has 2 N–H and O–H groups in total. The van der Waals surface area contributed by atoms with Crippen molar-refractivity contribution in [2.75, 3.05) is 6.54 Å². The van der Waals surface area contributed by atoms with Crippen molar-refractivity contribution in [2.24, 2.45) is 5.41 Å². The molecule has 1 aromatic heterocycles. The molecule has 0 atom stereocenters. The van der Waals surface area contributed by atoms with E-state index in [0.717, 1.165) is 10.9 Å². The molecule has 0 unspecified atom stereocenters. The molecule has 0 radical (unpaired) electrons. The first-order chi connectivity index (χ1) is 9.40. The second-order valence-electron chi connectivity index (χ2n) is 5.33. The molecule has 1 heterocycles. The number of nitrogens with one attached hydrogen (secondary N) is 1. The number of amides is 1. The molecule has 2 aromatic rings. The minimum absolute atomic E-state index is 0.0726. The summed E-state index contributed by atoms with van der Waals surface area (Å²) in [6, 6.07) is 7.59. The van der Waals surface area contributed by atoms with Crippen LogP contribution in [0.15, 0.2) is 30.5 Å². The Morgan fingerprint density at radius 3 is 2.75 bits per heavy atom. The Morgan fingerprint density at radius 1 is 1.35 bits per heavy atom. The summed E-state index contributed by atoms with van der Waals surface area (Å²) in [5.41, 5.74) is -0.109. The van der Waals surface area contributed by atoms with Crippen molar-refractivity contribution in [3.05, 3.63) is 30.5 Å². The van der Waals surface area contributed by atoms with Crippen LogP contribution in [-0.4, -0.2) is 33.3 Å². The van der Waals surface area contributed by atoms with Crippen LogP contribution in [0.3, 0.4) is 0 Å². The third kappa shape index (κ3) is 2.96. The molecule has 106 valence electrons. The van der Waals surface area contributed by atoms with E-state index in [-0.39, 0.29) is 19.0 Å². The third-order valence-corrected chi connectivity index (χ3v) is 3.15. The number of carboxylic acid groups (broad SMARTS) is 1. The van der Waals surface area contributed by atoms with E-state index in [4.69, 9.17) is 5.11 Å². The normalized spacial score (nSPS) is 11.5. The average Bonchev–Trinajstić information content (AvgIpc) is 2.80. The maximum absolute atomic E-state index is 11.9. The van der Waals surface area contributed by atoms with Crippen molar-refractivity contribution in [2.45, 2.75) is 20.4 Å². The maximum atomic E-state index is 11.9. The fourth-order valence-corrected chi connectivity index (χ4v) is 1.74. The van der Waals surface area contributed by atoms with Crippen LogP contribution in [0.5, 0.6) is 0 Å². The molecule has 0 saturated heterocycles. The molecule has 6 nitrogen and oxygen atoms in total. The zero-order valence-corrected chi connectivity index (χ0v) is 11.5. The molecule has 2 rings (SSSR count). The Labute approximate surface area is 116 Å². The van der Waals surface area contributed by atoms with E-state index in [0.29, 0.717) is 0 Å². The van der Waals surface area contributed by atoms with Crippen LogP contribution >= 0.6 is 0 Å². The van der Waals surface area contributed by atoms with Crippen LogP contribution < -0.4 is 5.32 Å². The number of aromatic nitrogens is 2. The predicted octanol–water partition coefficient (Wildman–Crippen LogP) is 1.26. The Hall–Kier alpha value is -2.37. The topological polar surface area (TPSA) is 84.2 Å². The second kappa shape index (κ2) is 5.32. The van der Waals surface area contributed by atoms with Gasteiger partial charge in [0.2, 0.25) is 5.91 Å². The fourth-order valence-electron chi connectivity index (χ4n) is 1.74. The van der Waals surface area contributed by atoms with Crippen LogP contribution in [0.25, 0.3) is 10.9 Å². The monoisotopic (exact) mass is 275 g/mol. The number of aliphatic carboxylic acids is 1. The Morgan fingerprint density at radius 2 is 2.05 bits per heavy atom. The van der Waals surface area contributed by atoms with Crippen molar-refractivity contribution >= 4 is 22.8 Å². The zero-order chi connectivity index (χ0) is 14.8. The molecule has 1 aromatic carbocycles. The minimum atomic E-state index is -0.984. The van der Waals surface area contributed by atoms with Gasteiger partial charge in [-0.2, -0.15) is 5.10 Å². The average molecular weight is 275 g/mol. The molecule has 0 fully saturated rings. The Kier molecular flexibility index (Phi) is 3.74. The van der Waals surface area contributed by atoms with E-state index < -0.39 is 11.4 Å². The van der Waals surface area contributed by atoms with Crippen molar-refractivity contribution in [3.8, 4) is 0 Å². The summed E-state index contributed by atoms with van der Waals surface area (Å²) in [5, 5.41) is 16.7. The van der Waals surface area contributed by atoms with Crippen molar-refractivity contribution in [1.82, 2.24) is 15.1 Å². The number of nitrogens with zero attached hydrogens (tertiary/aromatic N) is 2. The molecule has 0 aliphatic carbocycles. The summed E-state index contributed by atoms with van der Waals surface area (Å²) in [6.07, 6.45) is 1.70. The summed E-state index contributed by atoms with van der Waals surface area (Å²) in [5.74, 6) is -1.20. The van der Waals surface area contributed by atoms with E-state index >= 15 is 0 Å². The molecule has 0 bridgehead atoms. The van der Waals surface area contributed by atoms with Gasteiger partial charge in [-0.05, 0) is 19.9 Å². The number of carbonyl (C=O) groups is 2. The maximum Gasteiger partial charge on any atom is 0.310 e. The van der Waals surface area contributed by atoms with Crippen molar-refractivity contribution in [3.63, 3.8) is 0 Å². The highest BCUT2D eigenvalue weighted by atomic mass is 16.4. The molecule has 1 amide bonds. The molecule has 0 aliphatic rings. The van der Waals surface area contributed by atoms with Gasteiger partial charge in [-0.25, -0.2) is 0 Å². The summed E-state index contributed by atoms with van der Waals surface area (Å²) >= 11 is 0. The van der Waals surface area contributed by atoms with E-state index in [1.807, 2.05) is 24.3 Å². The summed E-state index contributed by atoms with van der Waals surface area (Å²) in [4.78, 5) is 22.8. The van der Waals surface area contributed by atoms with Gasteiger partial charge in [-0.15, -0.1) is 0 Å². The first kappa shape index (κ1) is 14.0. The molecule has 0 spiro atoms. The number of hydrogen-bond donors (Lipinski definition) is 2. The number of hydrogen-bond acceptors (Lipinski definition) is 3. The Bertz CT molecular complexity index is 646. The Balaban J connectivity index is 2.00. The number of carboxylic acids is 1. The fraction of sp³-hybridized carbons (Fsp3) is 0.357. The lowest BCUT2D eigenvalue weighted by Crippen LogP contribution is -2.40. The third-order valence-electron chi connectivity index (χ3n) is 3.15. The van der Waals surface area contributed by atoms with Crippen LogP contribution in [0.2, 0.25) is 0 Å². The van der Waals surface area contributed by atoms with Crippen LogP contribution in [0.1, 0.15) is 13.8 Å². The highest BCUT2D eigenvalue weighted by Crippen LogP contribution is 2.14. The van der Waals surface area contributed by atoms with E-state index in [2.05, 4.69) is 10.4 Å². The number of fused-ring (bicyclic) bond motifs is 1. The van der Waals surface area contributed by atoms with Crippen LogP contribution in [0.4, 0.5) is 0 Å². The van der Waals surface area contributed by atoms with Gasteiger partial charge in [0.15, 0.2) is 0 Å². The molecule has 6 heteroatoms. The molecule has 20 heavy (non-hydrogen) atoms. The van der Waals surface area contributed by atoms with E-state index in [9.17, 15) is 9.59 Å². The smallest absolute Gasteiger partial charge is 0.310 e. The molecular formula is C14H17N3O3. The van der Waals surface area contributed by atoms with Crippen molar-refractivity contribution < 1.29 is 14.7 Å². The number of benzene rings is 1. The molecule has 0 aliphatic heterocycles. The van der Waals surface area contributed by atoms with Gasteiger partial charge in [-0.3, -0.25) is 14.3 Å². The lowest BCUT2D eigenvalue weighted by atomic mass is 9.94. The standard InChI is InChI=1S/C14H17N3O3/c1-14(2,13(19)20)9-15-12(18)8-17-11-6-4-3-5-10(11)7-16-17/h3-7H,8-9H2,1-2H3,(H,15,18)(H,19,20). The van der Waals surface area contributed by atoms with E-state index in [1.165, 1.54) is 0 Å². The summed E-state index contributed by atoms with van der Waals surface area (Å²) < 4.78 is 1.60.